The number of likely N-dealkylation sites (N-methyl/N-ethyl adjacent to an activating group) is 2. The summed E-state index contributed by atoms with van der Waals surface area (Å²) in [7, 11) is 7.05. The van der Waals surface area contributed by atoms with E-state index in [1.54, 1.807) is 19.2 Å². The Morgan fingerprint density at radius 3 is 2.24 bits per heavy atom. The third-order valence-corrected chi connectivity index (χ3v) is 5.11. The van der Waals surface area contributed by atoms with Crippen LogP contribution in [0.15, 0.2) is 39.9 Å². The number of nitro benzene ring substituents is 1. The van der Waals surface area contributed by atoms with Gasteiger partial charge in [0.15, 0.2) is 0 Å². The Labute approximate surface area is 169 Å². The first-order chi connectivity index (χ1) is 13.7. The van der Waals surface area contributed by atoms with Gasteiger partial charge in [-0.05, 0) is 38.4 Å². The fraction of sp³-hybridized carbons (Fsp3) is 0.500. The minimum Gasteiger partial charge on any atom is -0.360 e. The molecule has 29 heavy (non-hydrogen) atoms. The van der Waals surface area contributed by atoms with Crippen LogP contribution in [0.4, 0.5) is 11.5 Å². The summed E-state index contributed by atoms with van der Waals surface area (Å²) in [6.45, 7) is 2.42. The van der Waals surface area contributed by atoms with Gasteiger partial charge in [0.1, 0.15) is 5.82 Å². The highest BCUT2D eigenvalue weighted by atomic mass is 16.6. The molecule has 0 aliphatic carbocycles. The van der Waals surface area contributed by atoms with Gasteiger partial charge in [0.25, 0.3) is 11.2 Å². The maximum absolute atomic E-state index is 12.1. The van der Waals surface area contributed by atoms with E-state index in [4.69, 9.17) is 0 Å². The van der Waals surface area contributed by atoms with E-state index in [-0.39, 0.29) is 21.9 Å². The molecule has 158 valence electrons. The topological polar surface area (TPSA) is 93.6 Å². The van der Waals surface area contributed by atoms with Crippen LogP contribution in [0.3, 0.4) is 0 Å². The van der Waals surface area contributed by atoms with E-state index in [0.717, 1.165) is 42.5 Å². The molecule has 1 aromatic carbocycles. The third kappa shape index (κ3) is 6.02. The molecule has 0 radical (unpaired) electrons. The fourth-order valence-electron chi connectivity index (χ4n) is 3.13. The fourth-order valence-corrected chi connectivity index (χ4v) is 3.13. The molecule has 9 nitrogen and oxygen atoms in total. The smallest absolute Gasteiger partial charge is 0.332 e. The summed E-state index contributed by atoms with van der Waals surface area (Å²) < 4.78 is 2.57. The molecular weight excluding hydrogens is 374 g/mol. The molecule has 0 N–H and O–H groups in total. The van der Waals surface area contributed by atoms with Gasteiger partial charge in [0, 0.05) is 52.4 Å². The molecule has 0 atom stereocenters. The molecule has 1 heterocycles. The van der Waals surface area contributed by atoms with Crippen molar-refractivity contribution in [1.82, 2.24) is 14.0 Å². The summed E-state index contributed by atoms with van der Waals surface area (Å²) in [6, 6.07) is 8.19. The monoisotopic (exact) mass is 403 g/mol. The van der Waals surface area contributed by atoms with Gasteiger partial charge in [-0.1, -0.05) is 12.1 Å². The zero-order valence-corrected chi connectivity index (χ0v) is 17.5. The van der Waals surface area contributed by atoms with Crippen molar-refractivity contribution in [3.63, 3.8) is 0 Å². The first kappa shape index (κ1) is 22.4. The molecule has 0 aliphatic heterocycles. The first-order valence-electron chi connectivity index (χ1n) is 9.60. The number of anilines is 1. The lowest BCUT2D eigenvalue weighted by Crippen LogP contribution is -2.41. The van der Waals surface area contributed by atoms with Gasteiger partial charge < -0.3 is 9.80 Å². The van der Waals surface area contributed by atoms with Crippen molar-refractivity contribution in [1.29, 1.82) is 0 Å². The van der Waals surface area contributed by atoms with Crippen molar-refractivity contribution in [3.05, 3.63) is 66.8 Å². The minimum absolute atomic E-state index is 0.117. The van der Waals surface area contributed by atoms with Crippen LogP contribution in [0.5, 0.6) is 0 Å². The molecule has 0 spiro atoms. The van der Waals surface area contributed by atoms with Crippen molar-refractivity contribution in [2.75, 3.05) is 38.6 Å². The molecule has 9 heteroatoms. The minimum atomic E-state index is -0.388. The second-order valence-corrected chi connectivity index (χ2v) is 7.35. The number of nitro groups is 1. The number of hydrogen-bond acceptors (Lipinski definition) is 6. The SMILES string of the molecule is CN(CCCCc1ccc([N+](=O)[O-])cc1)CCN(C)c1cc(=O)n(C)c(=O)n1C. The van der Waals surface area contributed by atoms with Gasteiger partial charge in [-0.3, -0.25) is 24.0 Å². The summed E-state index contributed by atoms with van der Waals surface area (Å²) in [6.07, 6.45) is 2.91. The molecule has 0 amide bonds. The molecule has 0 fully saturated rings. The molecular formula is C20H29N5O4. The average Bonchev–Trinajstić information content (AvgIpc) is 2.70. The molecule has 2 rings (SSSR count). The van der Waals surface area contributed by atoms with Crippen LogP contribution in [0, 0.1) is 10.1 Å². The normalized spacial score (nSPS) is 11.1. The Bertz CT molecular complexity index is 949. The Kier molecular flexibility index (Phi) is 7.72. The average molecular weight is 403 g/mol. The highest BCUT2D eigenvalue weighted by Crippen LogP contribution is 2.13. The molecule has 2 aromatic rings. The van der Waals surface area contributed by atoms with E-state index in [2.05, 4.69) is 4.90 Å². The number of benzene rings is 1. The van der Waals surface area contributed by atoms with Gasteiger partial charge >= 0.3 is 5.69 Å². The molecule has 0 bridgehead atoms. The maximum atomic E-state index is 12.1. The number of rotatable bonds is 10. The summed E-state index contributed by atoms with van der Waals surface area (Å²) >= 11 is 0. The van der Waals surface area contributed by atoms with Crippen LogP contribution in [-0.4, -0.2) is 52.7 Å². The standard InChI is InChI=1S/C20H29N5O4/c1-21(12-6-5-7-16-8-10-17(11-9-16)25(28)29)13-14-22(2)18-15-19(26)24(4)20(27)23(18)3/h8-11,15H,5-7,12-14H2,1-4H3. The van der Waals surface area contributed by atoms with Crippen molar-refractivity contribution in [2.24, 2.45) is 14.1 Å². The first-order valence-corrected chi connectivity index (χ1v) is 9.60. The van der Waals surface area contributed by atoms with E-state index in [9.17, 15) is 19.7 Å². The highest BCUT2D eigenvalue weighted by Gasteiger charge is 2.11. The quantitative estimate of drug-likeness (QED) is 0.338. The predicted molar refractivity (Wildman–Crippen MR) is 114 cm³/mol. The summed E-state index contributed by atoms with van der Waals surface area (Å²) in [5, 5.41) is 10.7. The predicted octanol–water partition coefficient (Wildman–Crippen LogP) is 1.38. The Hall–Kier alpha value is -2.94. The molecule has 0 saturated heterocycles. The van der Waals surface area contributed by atoms with Crippen LogP contribution in [0.1, 0.15) is 18.4 Å². The van der Waals surface area contributed by atoms with E-state index in [1.165, 1.54) is 17.7 Å². The van der Waals surface area contributed by atoms with Crippen LogP contribution in [-0.2, 0) is 20.5 Å². The van der Waals surface area contributed by atoms with E-state index < -0.39 is 0 Å². The van der Waals surface area contributed by atoms with Gasteiger partial charge in [0.2, 0.25) is 0 Å². The van der Waals surface area contributed by atoms with Gasteiger partial charge in [-0.25, -0.2) is 4.79 Å². The molecule has 0 unspecified atom stereocenters. The Morgan fingerprint density at radius 1 is 0.966 bits per heavy atom. The van der Waals surface area contributed by atoms with E-state index in [1.807, 2.05) is 31.1 Å². The lowest BCUT2D eigenvalue weighted by Gasteiger charge is -2.25. The van der Waals surface area contributed by atoms with Gasteiger partial charge in [-0.2, -0.15) is 0 Å². The second-order valence-electron chi connectivity index (χ2n) is 7.35. The number of aryl methyl sites for hydroxylation is 1. The zero-order valence-electron chi connectivity index (χ0n) is 17.5. The van der Waals surface area contributed by atoms with E-state index in [0.29, 0.717) is 12.4 Å². The summed E-state index contributed by atoms with van der Waals surface area (Å²) in [5.41, 5.74) is 0.574. The summed E-state index contributed by atoms with van der Waals surface area (Å²) in [5.74, 6) is 0.602. The van der Waals surface area contributed by atoms with Crippen molar-refractivity contribution in [2.45, 2.75) is 19.3 Å². The summed E-state index contributed by atoms with van der Waals surface area (Å²) in [4.78, 5) is 38.3. The molecule has 0 aliphatic rings. The van der Waals surface area contributed by atoms with E-state index >= 15 is 0 Å². The highest BCUT2D eigenvalue weighted by molar-refractivity contribution is 5.37. The van der Waals surface area contributed by atoms with Crippen LogP contribution >= 0.6 is 0 Å². The maximum Gasteiger partial charge on any atom is 0.332 e. The Balaban J connectivity index is 1.76. The number of unbranched alkanes of at least 4 members (excludes halogenated alkanes) is 1. The number of nitrogens with zero attached hydrogens (tertiary/aromatic N) is 5. The molecule has 0 saturated carbocycles. The van der Waals surface area contributed by atoms with Crippen molar-refractivity contribution in [3.8, 4) is 0 Å². The Morgan fingerprint density at radius 2 is 1.62 bits per heavy atom. The molecule has 1 aromatic heterocycles. The van der Waals surface area contributed by atoms with Crippen LogP contribution < -0.4 is 16.1 Å². The number of non-ortho nitro benzene ring substituents is 1. The van der Waals surface area contributed by atoms with Gasteiger partial charge in [0.05, 0.1) is 4.92 Å². The van der Waals surface area contributed by atoms with Crippen molar-refractivity contribution < 1.29 is 4.92 Å². The van der Waals surface area contributed by atoms with Crippen LogP contribution in [0.2, 0.25) is 0 Å². The number of aromatic nitrogens is 2. The zero-order chi connectivity index (χ0) is 21.6. The largest absolute Gasteiger partial charge is 0.360 e. The second kappa shape index (κ2) is 10.0. The van der Waals surface area contributed by atoms with Crippen LogP contribution in [0.25, 0.3) is 0 Å². The van der Waals surface area contributed by atoms with Crippen molar-refractivity contribution >= 4 is 11.5 Å². The van der Waals surface area contributed by atoms with Gasteiger partial charge in [-0.15, -0.1) is 0 Å². The number of hydrogen-bond donors (Lipinski definition) is 0. The lowest BCUT2D eigenvalue weighted by molar-refractivity contribution is -0.384. The lowest BCUT2D eigenvalue weighted by atomic mass is 10.1. The third-order valence-electron chi connectivity index (χ3n) is 5.11.